The van der Waals surface area contributed by atoms with Crippen LogP contribution in [-0.2, 0) is 10.1 Å². The molecule has 9 nitrogen and oxygen atoms in total. The van der Waals surface area contributed by atoms with E-state index < -0.39 is 21.8 Å². The Bertz CT molecular complexity index is 1640. The lowest BCUT2D eigenvalue weighted by molar-refractivity contribution is 0.102. The number of benzene rings is 4. The van der Waals surface area contributed by atoms with Crippen LogP contribution < -0.4 is 10.1 Å². The topological polar surface area (TPSA) is 138 Å². The summed E-state index contributed by atoms with van der Waals surface area (Å²) in [5.41, 5.74) is 0.703. The molecule has 0 spiro atoms. The number of halogens is 1. The standard InChI is InChI=1S/C25H20ClN3O6S/c1-14-11-20(18(26)13-22(14)36(32,33)34)28-29-23-16-8-4-3-7-15(16)12-17(24(23)30)25(31)27-19-9-5-6-10-21(19)35-2/h3-13,30H,1-2H3,(H,27,31)(H,32,33,34). The first kappa shape index (κ1) is 25.1. The Hall–Kier alpha value is -3.99. The molecular weight excluding hydrogens is 506 g/mol. The van der Waals surface area contributed by atoms with Crippen LogP contribution in [0.4, 0.5) is 17.1 Å². The summed E-state index contributed by atoms with van der Waals surface area (Å²) < 4.78 is 37.7. The largest absolute Gasteiger partial charge is 0.505 e. The first-order valence-corrected chi connectivity index (χ1v) is 12.3. The van der Waals surface area contributed by atoms with E-state index in [-0.39, 0.29) is 32.4 Å². The lowest BCUT2D eigenvalue weighted by Crippen LogP contribution is -2.13. The van der Waals surface area contributed by atoms with Gasteiger partial charge in [-0.3, -0.25) is 9.35 Å². The number of methoxy groups -OCH3 is 1. The van der Waals surface area contributed by atoms with Crippen LogP contribution in [0, 0.1) is 6.92 Å². The summed E-state index contributed by atoms with van der Waals surface area (Å²) in [6, 6.07) is 17.8. The molecule has 0 aromatic heterocycles. The first-order chi connectivity index (χ1) is 17.1. The third-order valence-electron chi connectivity index (χ3n) is 5.38. The van der Waals surface area contributed by atoms with Crippen LogP contribution in [-0.4, -0.2) is 31.1 Å². The molecule has 0 aliphatic heterocycles. The van der Waals surface area contributed by atoms with Gasteiger partial charge in [-0.25, -0.2) is 0 Å². The number of phenolic OH excluding ortho intramolecular Hbond substituents is 1. The van der Waals surface area contributed by atoms with E-state index in [0.717, 1.165) is 6.07 Å². The Morgan fingerprint density at radius 3 is 2.44 bits per heavy atom. The van der Waals surface area contributed by atoms with E-state index in [4.69, 9.17) is 16.3 Å². The summed E-state index contributed by atoms with van der Waals surface area (Å²) in [6.07, 6.45) is 0. The van der Waals surface area contributed by atoms with Crippen molar-refractivity contribution in [2.45, 2.75) is 11.8 Å². The zero-order valence-electron chi connectivity index (χ0n) is 19.1. The van der Waals surface area contributed by atoms with E-state index in [2.05, 4.69) is 15.5 Å². The number of phenols is 1. The highest BCUT2D eigenvalue weighted by Crippen LogP contribution is 2.41. The minimum atomic E-state index is -4.47. The number of aryl methyl sites for hydroxylation is 1. The summed E-state index contributed by atoms with van der Waals surface area (Å²) in [6.45, 7) is 1.47. The van der Waals surface area contributed by atoms with Gasteiger partial charge in [0.05, 0.1) is 28.3 Å². The van der Waals surface area contributed by atoms with Gasteiger partial charge >= 0.3 is 0 Å². The van der Waals surface area contributed by atoms with Gasteiger partial charge in [0, 0.05) is 5.39 Å². The summed E-state index contributed by atoms with van der Waals surface area (Å²) in [5, 5.41) is 23.1. The SMILES string of the molecule is COc1ccccc1NC(=O)c1cc2ccccc2c(N=Nc2cc(C)c(S(=O)(=O)O)cc2Cl)c1O. The molecule has 0 aliphatic carbocycles. The van der Waals surface area contributed by atoms with E-state index in [1.807, 2.05) is 0 Å². The number of fused-ring (bicyclic) bond motifs is 1. The van der Waals surface area contributed by atoms with Gasteiger partial charge in [-0.05, 0) is 48.2 Å². The Kier molecular flexibility index (Phi) is 6.93. The third kappa shape index (κ3) is 5.01. The molecule has 0 heterocycles. The monoisotopic (exact) mass is 525 g/mol. The average molecular weight is 526 g/mol. The number of ether oxygens (including phenoxy) is 1. The molecule has 0 unspecified atom stereocenters. The van der Waals surface area contributed by atoms with Crippen LogP contribution in [0.2, 0.25) is 5.02 Å². The second-order valence-corrected chi connectivity index (χ2v) is 9.54. The number of hydrogen-bond donors (Lipinski definition) is 3. The number of rotatable bonds is 6. The number of azo groups is 1. The van der Waals surface area contributed by atoms with Crippen molar-refractivity contribution in [1.82, 2.24) is 0 Å². The summed E-state index contributed by atoms with van der Waals surface area (Å²) >= 11 is 6.16. The van der Waals surface area contributed by atoms with E-state index >= 15 is 0 Å². The highest BCUT2D eigenvalue weighted by Gasteiger charge is 2.20. The summed E-state index contributed by atoms with van der Waals surface area (Å²) in [5.74, 6) is -0.553. The van der Waals surface area contributed by atoms with Crippen molar-refractivity contribution in [2.75, 3.05) is 12.4 Å². The number of aromatic hydroxyl groups is 1. The van der Waals surface area contributed by atoms with Gasteiger partial charge in [0.2, 0.25) is 0 Å². The van der Waals surface area contributed by atoms with Crippen LogP contribution in [0.1, 0.15) is 15.9 Å². The van der Waals surface area contributed by atoms with Gasteiger partial charge in [0.15, 0.2) is 5.75 Å². The van der Waals surface area contributed by atoms with Crippen LogP contribution in [0.25, 0.3) is 10.8 Å². The predicted octanol–water partition coefficient (Wildman–Crippen LogP) is 6.43. The Morgan fingerprint density at radius 2 is 1.72 bits per heavy atom. The minimum absolute atomic E-state index is 0.0193. The second-order valence-electron chi connectivity index (χ2n) is 7.74. The van der Waals surface area contributed by atoms with Crippen molar-refractivity contribution in [3.63, 3.8) is 0 Å². The maximum atomic E-state index is 13.1. The molecule has 0 radical (unpaired) electrons. The fraction of sp³-hybridized carbons (Fsp3) is 0.0800. The molecule has 0 aliphatic rings. The van der Waals surface area contributed by atoms with Gasteiger partial charge in [0.1, 0.15) is 17.1 Å². The molecule has 0 atom stereocenters. The van der Waals surface area contributed by atoms with Gasteiger partial charge in [-0.1, -0.05) is 48.0 Å². The molecule has 4 rings (SSSR count). The van der Waals surface area contributed by atoms with Gasteiger partial charge in [-0.15, -0.1) is 10.2 Å². The number of hydrogen-bond acceptors (Lipinski definition) is 7. The zero-order chi connectivity index (χ0) is 26.0. The van der Waals surface area contributed by atoms with Crippen molar-refractivity contribution < 1.29 is 27.6 Å². The van der Waals surface area contributed by atoms with E-state index in [1.54, 1.807) is 48.5 Å². The lowest BCUT2D eigenvalue weighted by Gasteiger charge is -2.13. The van der Waals surface area contributed by atoms with Crippen LogP contribution in [0.3, 0.4) is 0 Å². The molecule has 36 heavy (non-hydrogen) atoms. The third-order valence-corrected chi connectivity index (χ3v) is 6.67. The number of carbonyl (C=O) groups is 1. The molecule has 3 N–H and O–H groups in total. The molecular formula is C25H20ClN3O6S. The Morgan fingerprint density at radius 1 is 1.03 bits per heavy atom. The molecule has 0 saturated heterocycles. The Balaban J connectivity index is 1.80. The summed E-state index contributed by atoms with van der Waals surface area (Å²) in [4.78, 5) is 12.8. The zero-order valence-corrected chi connectivity index (χ0v) is 20.6. The van der Waals surface area contributed by atoms with Crippen molar-refractivity contribution in [1.29, 1.82) is 0 Å². The van der Waals surface area contributed by atoms with Crippen molar-refractivity contribution in [3.05, 3.63) is 82.9 Å². The van der Waals surface area contributed by atoms with E-state index in [1.165, 1.54) is 26.2 Å². The average Bonchev–Trinajstić information content (AvgIpc) is 2.84. The maximum Gasteiger partial charge on any atom is 0.294 e. The number of amides is 1. The fourth-order valence-corrected chi connectivity index (χ4v) is 4.63. The molecule has 0 bridgehead atoms. The van der Waals surface area contributed by atoms with E-state index in [0.29, 0.717) is 22.2 Å². The number of anilines is 1. The van der Waals surface area contributed by atoms with Crippen molar-refractivity contribution in [2.24, 2.45) is 10.2 Å². The van der Waals surface area contributed by atoms with Gasteiger partial charge in [0.25, 0.3) is 16.0 Å². The summed E-state index contributed by atoms with van der Waals surface area (Å²) in [7, 11) is -2.99. The quantitative estimate of drug-likeness (QED) is 0.196. The lowest BCUT2D eigenvalue weighted by atomic mass is 10.0. The number of nitrogens with one attached hydrogen (secondary N) is 1. The van der Waals surface area contributed by atoms with Gasteiger partial charge < -0.3 is 15.2 Å². The molecule has 1 amide bonds. The number of carbonyl (C=O) groups excluding carboxylic acids is 1. The Labute approximate surface area is 211 Å². The molecule has 184 valence electrons. The molecule has 0 fully saturated rings. The van der Waals surface area contributed by atoms with Gasteiger partial charge in [-0.2, -0.15) is 8.42 Å². The number of nitrogens with zero attached hydrogens (tertiary/aromatic N) is 2. The first-order valence-electron chi connectivity index (χ1n) is 10.5. The predicted molar refractivity (Wildman–Crippen MR) is 137 cm³/mol. The molecule has 0 saturated carbocycles. The molecule has 11 heteroatoms. The highest BCUT2D eigenvalue weighted by atomic mass is 35.5. The number of para-hydroxylation sites is 2. The van der Waals surface area contributed by atoms with Crippen LogP contribution in [0.15, 0.2) is 81.9 Å². The fourth-order valence-electron chi connectivity index (χ4n) is 3.64. The van der Waals surface area contributed by atoms with Crippen LogP contribution in [0.5, 0.6) is 11.5 Å². The maximum absolute atomic E-state index is 13.1. The molecule has 4 aromatic rings. The normalized spacial score (nSPS) is 11.7. The van der Waals surface area contributed by atoms with Crippen molar-refractivity contribution >= 4 is 55.5 Å². The second kappa shape index (κ2) is 9.94. The van der Waals surface area contributed by atoms with Crippen molar-refractivity contribution in [3.8, 4) is 11.5 Å². The minimum Gasteiger partial charge on any atom is -0.505 e. The molecule has 4 aromatic carbocycles. The van der Waals surface area contributed by atoms with Crippen LogP contribution >= 0.6 is 11.6 Å². The smallest absolute Gasteiger partial charge is 0.294 e. The highest BCUT2D eigenvalue weighted by molar-refractivity contribution is 7.85. The van der Waals surface area contributed by atoms with E-state index in [9.17, 15) is 22.9 Å².